The molecule has 0 amide bonds. The van der Waals surface area contributed by atoms with Crippen molar-refractivity contribution in [3.05, 3.63) is 36.5 Å². The molecule has 0 aromatic rings. The zero-order chi connectivity index (χ0) is 6.41. The first kappa shape index (κ1) is 7.22. The predicted octanol–water partition coefficient (Wildman–Crippen LogP) is 2.69. The van der Waals surface area contributed by atoms with E-state index in [-0.39, 0.29) is 0 Å². The van der Waals surface area contributed by atoms with Crippen LogP contribution < -0.4 is 0 Å². The summed E-state index contributed by atoms with van der Waals surface area (Å²) < 4.78 is 0. The van der Waals surface area contributed by atoms with Crippen LogP contribution in [0.25, 0.3) is 0 Å². The summed E-state index contributed by atoms with van der Waals surface area (Å²) in [7, 11) is 0. The van der Waals surface area contributed by atoms with Gasteiger partial charge in [0.25, 0.3) is 0 Å². The lowest BCUT2D eigenvalue weighted by molar-refractivity contribution is 1.51. The summed E-state index contributed by atoms with van der Waals surface area (Å²) in [6, 6.07) is 0. The van der Waals surface area contributed by atoms with Gasteiger partial charge in [0.15, 0.2) is 0 Å². The van der Waals surface area contributed by atoms with Crippen molar-refractivity contribution in [3.8, 4) is 0 Å². The molecule has 0 aliphatic heterocycles. The van der Waals surface area contributed by atoms with Gasteiger partial charge in [-0.25, -0.2) is 0 Å². The van der Waals surface area contributed by atoms with Crippen molar-refractivity contribution in [2.45, 2.75) is 13.8 Å². The second-order valence-electron chi connectivity index (χ2n) is 1.65. The van der Waals surface area contributed by atoms with E-state index in [0.29, 0.717) is 0 Å². The number of allylic oxidation sites excluding steroid dienone is 5. The third-order valence-electron chi connectivity index (χ3n) is 0.810. The van der Waals surface area contributed by atoms with Gasteiger partial charge in [0.1, 0.15) is 0 Å². The van der Waals surface area contributed by atoms with Crippen LogP contribution in [-0.2, 0) is 0 Å². The van der Waals surface area contributed by atoms with Crippen molar-refractivity contribution in [2.75, 3.05) is 0 Å². The van der Waals surface area contributed by atoms with Crippen molar-refractivity contribution >= 4 is 0 Å². The average Bonchev–Trinajstić information content (AvgIpc) is 1.68. The SMILES string of the molecule is C=C/C=C(C)/C=C\C. The second-order valence-corrected chi connectivity index (χ2v) is 1.65. The molecule has 0 saturated carbocycles. The first-order chi connectivity index (χ1) is 3.81. The molecule has 0 saturated heterocycles. The lowest BCUT2D eigenvalue weighted by Crippen LogP contribution is -1.61. The Hall–Kier alpha value is -0.780. The molecule has 0 aromatic carbocycles. The Bertz CT molecular complexity index is 116. The molecule has 0 aromatic heterocycles. The van der Waals surface area contributed by atoms with Crippen LogP contribution in [0.5, 0.6) is 0 Å². The van der Waals surface area contributed by atoms with Crippen LogP contribution in [0.4, 0.5) is 0 Å². The van der Waals surface area contributed by atoms with Crippen LogP contribution >= 0.6 is 0 Å². The maximum absolute atomic E-state index is 3.57. The van der Waals surface area contributed by atoms with Gasteiger partial charge >= 0.3 is 0 Å². The fourth-order valence-corrected chi connectivity index (χ4v) is 0.504. The van der Waals surface area contributed by atoms with Crippen LogP contribution in [0.1, 0.15) is 13.8 Å². The molecule has 0 spiro atoms. The van der Waals surface area contributed by atoms with Gasteiger partial charge in [-0.05, 0) is 13.8 Å². The van der Waals surface area contributed by atoms with Gasteiger partial charge in [-0.2, -0.15) is 0 Å². The molecule has 44 valence electrons. The van der Waals surface area contributed by atoms with E-state index in [4.69, 9.17) is 0 Å². The molecular weight excluding hydrogens is 96.1 g/mol. The molecular formula is C8H12. The van der Waals surface area contributed by atoms with Gasteiger partial charge in [-0.1, -0.05) is 36.5 Å². The quantitative estimate of drug-likeness (QED) is 0.477. The minimum absolute atomic E-state index is 1.24. The highest BCUT2D eigenvalue weighted by Crippen LogP contribution is 1.92. The smallest absolute Gasteiger partial charge is 0.0398 e. The van der Waals surface area contributed by atoms with Crippen molar-refractivity contribution in [3.63, 3.8) is 0 Å². The molecule has 0 heterocycles. The molecule has 0 N–H and O–H groups in total. The summed E-state index contributed by atoms with van der Waals surface area (Å²) >= 11 is 0. The molecule has 0 rings (SSSR count). The van der Waals surface area contributed by atoms with E-state index in [9.17, 15) is 0 Å². The monoisotopic (exact) mass is 108 g/mol. The zero-order valence-corrected chi connectivity index (χ0v) is 5.52. The van der Waals surface area contributed by atoms with Crippen LogP contribution in [0.15, 0.2) is 36.5 Å². The Morgan fingerprint density at radius 1 is 1.50 bits per heavy atom. The van der Waals surface area contributed by atoms with Crippen molar-refractivity contribution < 1.29 is 0 Å². The Kier molecular flexibility index (Phi) is 3.95. The molecule has 0 heteroatoms. The summed E-state index contributed by atoms with van der Waals surface area (Å²) in [5.74, 6) is 0. The third kappa shape index (κ3) is 3.41. The number of rotatable bonds is 2. The van der Waals surface area contributed by atoms with Crippen molar-refractivity contribution in [1.82, 2.24) is 0 Å². The van der Waals surface area contributed by atoms with E-state index in [1.54, 1.807) is 6.08 Å². The van der Waals surface area contributed by atoms with Crippen molar-refractivity contribution in [2.24, 2.45) is 0 Å². The summed E-state index contributed by atoms with van der Waals surface area (Å²) in [6.07, 6.45) is 7.81. The van der Waals surface area contributed by atoms with Crippen LogP contribution in [0.2, 0.25) is 0 Å². The Morgan fingerprint density at radius 2 is 2.12 bits per heavy atom. The minimum Gasteiger partial charge on any atom is -0.0991 e. The van der Waals surface area contributed by atoms with E-state index >= 15 is 0 Å². The number of hydrogen-bond acceptors (Lipinski definition) is 0. The molecule has 0 atom stereocenters. The van der Waals surface area contributed by atoms with E-state index < -0.39 is 0 Å². The molecule has 0 aliphatic rings. The van der Waals surface area contributed by atoms with E-state index in [0.717, 1.165) is 0 Å². The normalized spacial score (nSPS) is 12.5. The largest absolute Gasteiger partial charge is 0.0991 e. The first-order valence-corrected chi connectivity index (χ1v) is 2.73. The maximum atomic E-state index is 3.57. The van der Waals surface area contributed by atoms with E-state index in [1.807, 2.05) is 32.1 Å². The molecule has 0 aliphatic carbocycles. The highest BCUT2D eigenvalue weighted by atomic mass is 13.8. The van der Waals surface area contributed by atoms with Gasteiger partial charge in [-0.15, -0.1) is 0 Å². The summed E-state index contributed by atoms with van der Waals surface area (Å²) in [4.78, 5) is 0. The Balaban J connectivity index is 3.79. The van der Waals surface area contributed by atoms with Gasteiger partial charge < -0.3 is 0 Å². The molecule has 0 unspecified atom stereocenters. The second kappa shape index (κ2) is 4.38. The lowest BCUT2D eigenvalue weighted by Gasteiger charge is -1.82. The van der Waals surface area contributed by atoms with E-state index in [1.165, 1.54) is 5.57 Å². The molecule has 0 bridgehead atoms. The summed E-state index contributed by atoms with van der Waals surface area (Å²) in [5.41, 5.74) is 1.24. The Labute approximate surface area is 51.2 Å². The van der Waals surface area contributed by atoms with Crippen LogP contribution in [0, 0.1) is 0 Å². The van der Waals surface area contributed by atoms with Gasteiger partial charge in [0.2, 0.25) is 0 Å². The molecule has 0 fully saturated rings. The van der Waals surface area contributed by atoms with Gasteiger partial charge in [0, 0.05) is 0 Å². The zero-order valence-electron chi connectivity index (χ0n) is 5.52. The lowest BCUT2D eigenvalue weighted by atomic mass is 10.2. The highest BCUT2D eigenvalue weighted by molar-refractivity contribution is 5.19. The topological polar surface area (TPSA) is 0 Å². The van der Waals surface area contributed by atoms with Crippen molar-refractivity contribution in [1.29, 1.82) is 0 Å². The van der Waals surface area contributed by atoms with Crippen LogP contribution in [-0.4, -0.2) is 0 Å². The fourth-order valence-electron chi connectivity index (χ4n) is 0.504. The highest BCUT2D eigenvalue weighted by Gasteiger charge is 1.71. The van der Waals surface area contributed by atoms with E-state index in [2.05, 4.69) is 6.58 Å². The average molecular weight is 108 g/mol. The minimum atomic E-state index is 1.24. The van der Waals surface area contributed by atoms with Crippen LogP contribution in [0.3, 0.4) is 0 Å². The van der Waals surface area contributed by atoms with Gasteiger partial charge in [-0.3, -0.25) is 0 Å². The molecule has 0 radical (unpaired) electrons. The number of hydrogen-bond donors (Lipinski definition) is 0. The molecule has 8 heavy (non-hydrogen) atoms. The fraction of sp³-hybridized carbons (Fsp3) is 0.250. The summed E-state index contributed by atoms with van der Waals surface area (Å²) in [6.45, 7) is 7.62. The van der Waals surface area contributed by atoms with Gasteiger partial charge in [0.05, 0.1) is 0 Å². The Morgan fingerprint density at radius 3 is 2.50 bits per heavy atom. The summed E-state index contributed by atoms with van der Waals surface area (Å²) in [5, 5.41) is 0. The standard InChI is InChI=1S/C8H12/c1-4-6-8(3)7-5-2/h4-7H,1H2,2-3H3/b7-5-,8-6+. The maximum Gasteiger partial charge on any atom is -0.0398 e. The predicted molar refractivity (Wildman–Crippen MR) is 38.8 cm³/mol. The molecule has 0 nitrogen and oxygen atoms in total. The third-order valence-corrected chi connectivity index (χ3v) is 0.810. The first-order valence-electron chi connectivity index (χ1n) is 2.73.